The van der Waals surface area contributed by atoms with Crippen molar-refractivity contribution in [2.24, 2.45) is 41.4 Å². The van der Waals surface area contributed by atoms with Gasteiger partial charge in [0, 0.05) is 0 Å². The van der Waals surface area contributed by atoms with Gasteiger partial charge in [-0.15, -0.1) is 0 Å². The minimum atomic E-state index is -0.143. The summed E-state index contributed by atoms with van der Waals surface area (Å²) in [5, 5.41) is 0. The molecule has 0 amide bonds. The van der Waals surface area contributed by atoms with Crippen molar-refractivity contribution in [1.82, 2.24) is 0 Å². The molecular formula is C19H26O2. The first-order valence-corrected chi connectivity index (χ1v) is 9.03. The molecule has 6 bridgehead atoms. The quantitative estimate of drug-likeness (QED) is 0.567. The molecule has 3 unspecified atom stereocenters. The second kappa shape index (κ2) is 4.14. The third kappa shape index (κ3) is 1.74. The molecule has 21 heavy (non-hydrogen) atoms. The van der Waals surface area contributed by atoms with Crippen LogP contribution in [0.15, 0.2) is 12.2 Å². The number of hydrogen-bond donors (Lipinski definition) is 0. The lowest BCUT2D eigenvalue weighted by Gasteiger charge is -2.59. The van der Waals surface area contributed by atoms with E-state index in [1.807, 2.05) is 0 Å². The molecule has 2 nitrogen and oxygen atoms in total. The Morgan fingerprint density at radius 3 is 2.14 bits per heavy atom. The number of carbonyl (C=O) groups is 1. The molecule has 0 spiro atoms. The number of carbonyl (C=O) groups excluding carboxylic acids is 1. The molecule has 6 aliphatic carbocycles. The number of fused-ring (bicyclic) bond motifs is 2. The summed E-state index contributed by atoms with van der Waals surface area (Å²) in [6.07, 6.45) is 13.5. The van der Waals surface area contributed by atoms with Crippen molar-refractivity contribution in [3.63, 3.8) is 0 Å². The molecule has 0 aromatic carbocycles. The standard InChI is InChI=1S/C19H26O2/c1-19(15-6-12-4-13(8-15)9-16(19)7-12)21-18(20)17-10-11-2-3-14(17)5-11/h2-3,11-17H,4-10H2,1H3. The van der Waals surface area contributed by atoms with Gasteiger partial charge in [-0.3, -0.25) is 4.79 Å². The highest BCUT2D eigenvalue weighted by Crippen LogP contribution is 2.60. The molecule has 5 fully saturated rings. The topological polar surface area (TPSA) is 26.3 Å². The average molecular weight is 286 g/mol. The van der Waals surface area contributed by atoms with Crippen LogP contribution in [0.25, 0.3) is 0 Å². The monoisotopic (exact) mass is 286 g/mol. The number of rotatable bonds is 2. The van der Waals surface area contributed by atoms with Gasteiger partial charge in [-0.1, -0.05) is 12.2 Å². The van der Waals surface area contributed by atoms with E-state index in [9.17, 15) is 4.79 Å². The molecular weight excluding hydrogens is 260 g/mol. The predicted molar refractivity (Wildman–Crippen MR) is 80.4 cm³/mol. The normalized spacial score (nSPS) is 56.1. The van der Waals surface area contributed by atoms with Crippen LogP contribution in [0.2, 0.25) is 0 Å². The van der Waals surface area contributed by atoms with E-state index in [1.54, 1.807) is 0 Å². The van der Waals surface area contributed by atoms with Gasteiger partial charge >= 0.3 is 5.97 Å². The second-order valence-corrected chi connectivity index (χ2v) is 8.80. The summed E-state index contributed by atoms with van der Waals surface area (Å²) in [4.78, 5) is 12.8. The molecule has 5 saturated carbocycles. The van der Waals surface area contributed by atoms with Gasteiger partial charge in [0.2, 0.25) is 0 Å². The molecule has 114 valence electrons. The van der Waals surface area contributed by atoms with Gasteiger partial charge in [0.1, 0.15) is 5.60 Å². The Balaban J connectivity index is 1.35. The fraction of sp³-hybridized carbons (Fsp3) is 0.842. The summed E-state index contributed by atoms with van der Waals surface area (Å²) in [5.74, 6) is 4.57. The van der Waals surface area contributed by atoms with Gasteiger partial charge in [-0.2, -0.15) is 0 Å². The second-order valence-electron chi connectivity index (χ2n) is 8.80. The van der Waals surface area contributed by atoms with Gasteiger partial charge < -0.3 is 4.74 Å². The molecule has 0 aromatic heterocycles. The van der Waals surface area contributed by atoms with E-state index in [0.29, 0.717) is 23.7 Å². The number of allylic oxidation sites excluding steroid dienone is 2. The smallest absolute Gasteiger partial charge is 0.310 e. The maximum absolute atomic E-state index is 12.8. The summed E-state index contributed by atoms with van der Waals surface area (Å²) in [6.45, 7) is 2.26. The summed E-state index contributed by atoms with van der Waals surface area (Å²) in [6, 6.07) is 0. The Morgan fingerprint density at radius 2 is 1.62 bits per heavy atom. The molecule has 6 aliphatic rings. The van der Waals surface area contributed by atoms with E-state index < -0.39 is 0 Å². The molecule has 0 aromatic rings. The summed E-state index contributed by atoms with van der Waals surface area (Å²) in [7, 11) is 0. The maximum atomic E-state index is 12.8. The molecule has 0 saturated heterocycles. The van der Waals surface area contributed by atoms with Crippen LogP contribution in [-0.2, 0) is 9.53 Å². The summed E-state index contributed by atoms with van der Waals surface area (Å²) >= 11 is 0. The minimum absolute atomic E-state index is 0.127. The van der Waals surface area contributed by atoms with Gasteiger partial charge in [-0.05, 0) is 87.4 Å². The molecule has 0 aliphatic heterocycles. The zero-order valence-corrected chi connectivity index (χ0v) is 13.0. The van der Waals surface area contributed by atoms with Crippen LogP contribution in [0.3, 0.4) is 0 Å². The van der Waals surface area contributed by atoms with E-state index in [0.717, 1.165) is 18.3 Å². The van der Waals surface area contributed by atoms with Gasteiger partial charge in [0.15, 0.2) is 0 Å². The Kier molecular flexibility index (Phi) is 2.51. The van der Waals surface area contributed by atoms with E-state index in [1.165, 1.54) is 38.5 Å². The first kappa shape index (κ1) is 12.7. The van der Waals surface area contributed by atoms with Crippen LogP contribution >= 0.6 is 0 Å². The Bertz CT molecular complexity index is 478. The van der Waals surface area contributed by atoms with Crippen molar-refractivity contribution in [1.29, 1.82) is 0 Å². The Labute approximate surface area is 127 Å². The number of hydrogen-bond acceptors (Lipinski definition) is 2. The molecule has 2 heteroatoms. The molecule has 0 N–H and O–H groups in total. The number of esters is 1. The third-order valence-corrected chi connectivity index (χ3v) is 7.66. The fourth-order valence-corrected chi connectivity index (χ4v) is 6.63. The van der Waals surface area contributed by atoms with E-state index in [2.05, 4.69) is 19.1 Å². The molecule has 6 rings (SSSR count). The van der Waals surface area contributed by atoms with Crippen LogP contribution in [0.4, 0.5) is 0 Å². The largest absolute Gasteiger partial charge is 0.459 e. The first-order chi connectivity index (χ1) is 10.1. The summed E-state index contributed by atoms with van der Waals surface area (Å²) < 4.78 is 6.28. The van der Waals surface area contributed by atoms with Crippen molar-refractivity contribution >= 4 is 5.97 Å². The lowest BCUT2D eigenvalue weighted by Crippen LogP contribution is -2.58. The zero-order valence-electron chi connectivity index (χ0n) is 13.0. The highest BCUT2D eigenvalue weighted by molar-refractivity contribution is 5.74. The highest BCUT2D eigenvalue weighted by atomic mass is 16.6. The van der Waals surface area contributed by atoms with Crippen molar-refractivity contribution < 1.29 is 9.53 Å². The third-order valence-electron chi connectivity index (χ3n) is 7.66. The number of ether oxygens (including phenoxy) is 1. The van der Waals surface area contributed by atoms with Crippen molar-refractivity contribution in [2.75, 3.05) is 0 Å². The fourth-order valence-electron chi connectivity index (χ4n) is 6.63. The minimum Gasteiger partial charge on any atom is -0.459 e. The van der Waals surface area contributed by atoms with Crippen molar-refractivity contribution in [3.8, 4) is 0 Å². The van der Waals surface area contributed by atoms with E-state index in [-0.39, 0.29) is 17.5 Å². The van der Waals surface area contributed by atoms with Crippen LogP contribution in [0, 0.1) is 41.4 Å². The first-order valence-electron chi connectivity index (χ1n) is 9.03. The zero-order chi connectivity index (χ0) is 14.2. The lowest BCUT2D eigenvalue weighted by atomic mass is 9.50. The average Bonchev–Trinajstić information content (AvgIpc) is 3.07. The van der Waals surface area contributed by atoms with Gasteiger partial charge in [-0.25, -0.2) is 0 Å². The predicted octanol–water partition coefficient (Wildman–Crippen LogP) is 3.96. The Morgan fingerprint density at radius 1 is 0.952 bits per heavy atom. The lowest BCUT2D eigenvalue weighted by molar-refractivity contribution is -0.207. The van der Waals surface area contributed by atoms with Crippen LogP contribution in [0.5, 0.6) is 0 Å². The van der Waals surface area contributed by atoms with E-state index >= 15 is 0 Å². The molecule has 0 heterocycles. The van der Waals surface area contributed by atoms with E-state index in [4.69, 9.17) is 4.74 Å². The van der Waals surface area contributed by atoms with Crippen LogP contribution in [0.1, 0.15) is 51.9 Å². The van der Waals surface area contributed by atoms with Crippen molar-refractivity contribution in [3.05, 3.63) is 12.2 Å². The SMILES string of the molecule is CC1(OC(=O)C2CC3C=CC2C3)C2CC3CC(C2)CC1C3. The summed E-state index contributed by atoms with van der Waals surface area (Å²) in [5.41, 5.74) is -0.143. The maximum Gasteiger partial charge on any atom is 0.310 e. The van der Waals surface area contributed by atoms with Gasteiger partial charge in [0.25, 0.3) is 0 Å². The van der Waals surface area contributed by atoms with Crippen molar-refractivity contribution in [2.45, 2.75) is 57.5 Å². The Hall–Kier alpha value is -0.790. The van der Waals surface area contributed by atoms with Crippen LogP contribution in [-0.4, -0.2) is 11.6 Å². The molecule has 0 radical (unpaired) electrons. The van der Waals surface area contributed by atoms with Crippen LogP contribution < -0.4 is 0 Å². The molecule has 3 atom stereocenters. The highest BCUT2D eigenvalue weighted by Gasteiger charge is 2.57. The van der Waals surface area contributed by atoms with Gasteiger partial charge in [0.05, 0.1) is 5.92 Å².